The molecule has 0 saturated heterocycles. The molecule has 4 nitrogen and oxygen atoms in total. The van der Waals surface area contributed by atoms with Gasteiger partial charge >= 0.3 is 0 Å². The average molecular weight is 288 g/mol. The monoisotopic (exact) mass is 288 g/mol. The van der Waals surface area contributed by atoms with E-state index >= 15 is 0 Å². The molecule has 0 bridgehead atoms. The zero-order chi connectivity index (χ0) is 15.1. The number of aliphatic hydroxyl groups is 1. The number of nitrogens with one attached hydrogen (secondary N) is 1. The topological polar surface area (TPSA) is 62.2 Å². The molecule has 1 amide bonds. The highest BCUT2D eigenvalue weighted by atomic mass is 19.1. The van der Waals surface area contributed by atoms with Crippen LogP contribution >= 0.6 is 0 Å². The van der Waals surface area contributed by atoms with Crippen LogP contribution in [0.5, 0.6) is 0 Å². The third-order valence-corrected chi connectivity index (χ3v) is 3.13. The van der Waals surface area contributed by atoms with Crippen LogP contribution in [-0.2, 0) is 24.4 Å². The molecular weight excluding hydrogens is 271 g/mol. The van der Waals surface area contributed by atoms with Crippen molar-refractivity contribution in [1.29, 1.82) is 0 Å². The van der Waals surface area contributed by atoms with Gasteiger partial charge in [-0.3, -0.25) is 9.78 Å². The molecule has 0 saturated carbocycles. The van der Waals surface area contributed by atoms with Gasteiger partial charge in [0.05, 0.1) is 6.61 Å². The fourth-order valence-electron chi connectivity index (χ4n) is 1.95. The first-order chi connectivity index (χ1) is 10.2. The van der Waals surface area contributed by atoms with E-state index in [1.165, 1.54) is 6.07 Å². The quantitative estimate of drug-likeness (QED) is 0.854. The van der Waals surface area contributed by atoms with Gasteiger partial charge in [0.15, 0.2) is 0 Å². The number of hydrogen-bond acceptors (Lipinski definition) is 3. The summed E-state index contributed by atoms with van der Waals surface area (Å²) in [5.41, 5.74) is 2.00. The van der Waals surface area contributed by atoms with Crippen molar-refractivity contribution in [2.24, 2.45) is 0 Å². The van der Waals surface area contributed by atoms with Gasteiger partial charge in [-0.15, -0.1) is 0 Å². The minimum atomic E-state index is -0.441. The average Bonchev–Trinajstić information content (AvgIpc) is 2.53. The summed E-state index contributed by atoms with van der Waals surface area (Å²) in [6.07, 6.45) is 4.43. The first-order valence-electron chi connectivity index (χ1n) is 6.73. The van der Waals surface area contributed by atoms with Crippen molar-refractivity contribution in [2.45, 2.75) is 26.0 Å². The molecule has 1 aromatic carbocycles. The summed E-state index contributed by atoms with van der Waals surface area (Å²) in [4.78, 5) is 15.7. The number of benzene rings is 1. The van der Waals surface area contributed by atoms with Crippen molar-refractivity contribution in [3.05, 3.63) is 65.2 Å². The molecule has 0 unspecified atom stereocenters. The van der Waals surface area contributed by atoms with Gasteiger partial charge in [-0.25, -0.2) is 4.39 Å². The first-order valence-corrected chi connectivity index (χ1v) is 6.73. The Morgan fingerprint density at radius 1 is 1.29 bits per heavy atom. The Balaban J connectivity index is 1.81. The Hall–Kier alpha value is -2.27. The lowest BCUT2D eigenvalue weighted by Gasteiger charge is -2.07. The van der Waals surface area contributed by atoms with E-state index in [0.717, 1.165) is 11.1 Å². The van der Waals surface area contributed by atoms with E-state index < -0.39 is 5.82 Å². The Morgan fingerprint density at radius 3 is 2.86 bits per heavy atom. The number of pyridine rings is 1. The van der Waals surface area contributed by atoms with Crippen LogP contribution in [0, 0.1) is 5.82 Å². The van der Waals surface area contributed by atoms with E-state index in [9.17, 15) is 9.18 Å². The fraction of sp³-hybridized carbons (Fsp3) is 0.250. The molecule has 2 aromatic rings. The zero-order valence-electron chi connectivity index (χ0n) is 11.6. The van der Waals surface area contributed by atoms with Gasteiger partial charge in [-0.1, -0.05) is 12.1 Å². The largest absolute Gasteiger partial charge is 0.392 e. The van der Waals surface area contributed by atoms with Crippen LogP contribution in [0.1, 0.15) is 23.1 Å². The van der Waals surface area contributed by atoms with Crippen molar-refractivity contribution in [3.63, 3.8) is 0 Å². The number of rotatable bonds is 6. The highest BCUT2D eigenvalue weighted by Gasteiger charge is 2.05. The second kappa shape index (κ2) is 7.50. The molecule has 0 aliphatic carbocycles. The van der Waals surface area contributed by atoms with Crippen LogP contribution in [0.15, 0.2) is 42.7 Å². The summed E-state index contributed by atoms with van der Waals surface area (Å²) in [5.74, 6) is -0.516. The van der Waals surface area contributed by atoms with Crippen LogP contribution in [0.2, 0.25) is 0 Å². The summed E-state index contributed by atoms with van der Waals surface area (Å²) in [6.45, 7) is -0.0339. The number of halogens is 1. The molecule has 0 aliphatic rings. The van der Waals surface area contributed by atoms with Crippen LogP contribution < -0.4 is 5.32 Å². The van der Waals surface area contributed by atoms with Crippen molar-refractivity contribution in [2.75, 3.05) is 0 Å². The van der Waals surface area contributed by atoms with Crippen molar-refractivity contribution in [1.82, 2.24) is 10.3 Å². The Morgan fingerprint density at radius 2 is 2.14 bits per heavy atom. The van der Waals surface area contributed by atoms with E-state index in [0.29, 0.717) is 19.4 Å². The summed E-state index contributed by atoms with van der Waals surface area (Å²) in [6, 6.07) is 8.20. The Bertz CT molecular complexity index is 602. The SMILES string of the molecule is O=C(CCc1cccnc1)NCc1ccc(F)c(CO)c1. The summed E-state index contributed by atoms with van der Waals surface area (Å²) >= 11 is 0. The molecule has 5 heteroatoms. The predicted octanol–water partition coefficient (Wildman–Crippen LogP) is 1.96. The second-order valence-corrected chi connectivity index (χ2v) is 4.72. The van der Waals surface area contributed by atoms with Crippen molar-refractivity contribution in [3.8, 4) is 0 Å². The van der Waals surface area contributed by atoms with Gasteiger partial charge in [-0.05, 0) is 35.7 Å². The molecule has 21 heavy (non-hydrogen) atoms. The van der Waals surface area contributed by atoms with E-state index in [1.54, 1.807) is 24.5 Å². The Labute approximate surface area is 122 Å². The summed E-state index contributed by atoms with van der Waals surface area (Å²) in [7, 11) is 0. The van der Waals surface area contributed by atoms with Crippen LogP contribution in [0.3, 0.4) is 0 Å². The maximum absolute atomic E-state index is 13.2. The number of aryl methyl sites for hydroxylation is 1. The molecule has 2 N–H and O–H groups in total. The zero-order valence-corrected chi connectivity index (χ0v) is 11.6. The molecule has 0 atom stereocenters. The molecular formula is C16H17FN2O2. The lowest BCUT2D eigenvalue weighted by molar-refractivity contribution is -0.121. The number of hydrogen-bond donors (Lipinski definition) is 2. The fourth-order valence-corrected chi connectivity index (χ4v) is 1.95. The number of amides is 1. The van der Waals surface area contributed by atoms with Gasteiger partial charge in [0.1, 0.15) is 5.82 Å². The van der Waals surface area contributed by atoms with E-state index in [-0.39, 0.29) is 18.1 Å². The standard InChI is InChI=1S/C16H17FN2O2/c17-15-5-3-13(8-14(15)11-20)10-19-16(21)6-4-12-2-1-7-18-9-12/h1-3,5,7-9,20H,4,6,10-11H2,(H,19,21). The van der Waals surface area contributed by atoms with Gasteiger partial charge in [0.25, 0.3) is 0 Å². The van der Waals surface area contributed by atoms with Crippen LogP contribution in [0.4, 0.5) is 4.39 Å². The third-order valence-electron chi connectivity index (χ3n) is 3.13. The van der Waals surface area contributed by atoms with E-state index in [1.807, 2.05) is 12.1 Å². The van der Waals surface area contributed by atoms with Crippen molar-refractivity contribution >= 4 is 5.91 Å². The molecule has 1 aromatic heterocycles. The molecule has 0 aliphatic heterocycles. The van der Waals surface area contributed by atoms with E-state index in [2.05, 4.69) is 10.3 Å². The van der Waals surface area contributed by atoms with Crippen LogP contribution in [0.25, 0.3) is 0 Å². The number of carbonyl (C=O) groups is 1. The minimum Gasteiger partial charge on any atom is -0.392 e. The lowest BCUT2D eigenvalue weighted by Crippen LogP contribution is -2.23. The smallest absolute Gasteiger partial charge is 0.220 e. The van der Waals surface area contributed by atoms with Gasteiger partial charge in [0, 0.05) is 30.9 Å². The number of nitrogens with zero attached hydrogens (tertiary/aromatic N) is 1. The summed E-state index contributed by atoms with van der Waals surface area (Å²) < 4.78 is 13.2. The number of aliphatic hydroxyl groups excluding tert-OH is 1. The predicted molar refractivity (Wildman–Crippen MR) is 76.7 cm³/mol. The molecule has 2 rings (SSSR count). The molecule has 0 spiro atoms. The minimum absolute atomic E-state index is 0.0753. The lowest BCUT2D eigenvalue weighted by atomic mass is 10.1. The van der Waals surface area contributed by atoms with Gasteiger partial charge < -0.3 is 10.4 Å². The molecule has 1 heterocycles. The molecule has 0 radical (unpaired) electrons. The van der Waals surface area contributed by atoms with E-state index in [4.69, 9.17) is 5.11 Å². The number of aromatic nitrogens is 1. The van der Waals surface area contributed by atoms with Gasteiger partial charge in [0.2, 0.25) is 5.91 Å². The third kappa shape index (κ3) is 4.65. The summed E-state index contributed by atoms with van der Waals surface area (Å²) in [5, 5.41) is 11.8. The van der Waals surface area contributed by atoms with Gasteiger partial charge in [-0.2, -0.15) is 0 Å². The highest BCUT2D eigenvalue weighted by Crippen LogP contribution is 2.10. The first kappa shape index (κ1) is 15.1. The van der Waals surface area contributed by atoms with Crippen molar-refractivity contribution < 1.29 is 14.3 Å². The second-order valence-electron chi connectivity index (χ2n) is 4.72. The number of carbonyl (C=O) groups excluding carboxylic acids is 1. The maximum atomic E-state index is 13.2. The normalized spacial score (nSPS) is 10.4. The van der Waals surface area contributed by atoms with Crippen LogP contribution in [-0.4, -0.2) is 16.0 Å². The maximum Gasteiger partial charge on any atom is 0.220 e. The Kier molecular flexibility index (Phi) is 5.40. The molecule has 110 valence electrons. The molecule has 0 fully saturated rings. The highest BCUT2D eigenvalue weighted by molar-refractivity contribution is 5.76.